The lowest BCUT2D eigenvalue weighted by Gasteiger charge is -2.47. The second-order valence-corrected chi connectivity index (χ2v) is 31.5. The van der Waals surface area contributed by atoms with E-state index in [1.165, 1.54) is 0 Å². The first kappa shape index (κ1) is 47.1. The summed E-state index contributed by atoms with van der Waals surface area (Å²) in [4.78, 5) is 4.02. The Morgan fingerprint density at radius 3 is 1.39 bits per heavy atom. The van der Waals surface area contributed by atoms with Gasteiger partial charge in [0.05, 0.1) is 63.8 Å². The number of hydrogen-bond donors (Lipinski definition) is 0. The van der Waals surface area contributed by atoms with E-state index < -0.39 is 185 Å². The summed E-state index contributed by atoms with van der Waals surface area (Å²) in [5.74, 6) is 0.332. The van der Waals surface area contributed by atoms with Crippen LogP contribution in [0.4, 0.5) is 34.1 Å². The van der Waals surface area contributed by atoms with Gasteiger partial charge in [-0.1, -0.05) is 314 Å². The predicted molar refractivity (Wildman–Crippen MR) is 475 cm³/mol. The number of ether oxygens (including phenoxy) is 1. The van der Waals surface area contributed by atoms with Gasteiger partial charge in [-0.15, -0.1) is 0 Å². The Labute approximate surface area is 689 Å². The van der Waals surface area contributed by atoms with Crippen LogP contribution in [0, 0.1) is 0 Å². The van der Waals surface area contributed by atoms with Gasteiger partial charge in [-0.2, -0.15) is 0 Å². The molecule has 2 aromatic heterocycles. The number of rotatable bonds is 9. The highest BCUT2D eigenvalue weighted by atomic mass is 35.5. The van der Waals surface area contributed by atoms with Crippen molar-refractivity contribution >= 4 is 136 Å². The van der Waals surface area contributed by atoms with Gasteiger partial charge >= 0.3 is 0 Å². The first-order valence-electron chi connectivity index (χ1n) is 48.3. The largest absolute Gasteiger partial charge is 0.456 e. The molecular formula is C104H75B2ClN4O. The van der Waals surface area contributed by atoms with E-state index in [9.17, 15) is 26.0 Å². The van der Waals surface area contributed by atoms with E-state index >= 15 is 0 Å². The molecule has 0 bridgehead atoms. The molecule has 22 rings (SSSR count). The van der Waals surface area contributed by atoms with Crippen molar-refractivity contribution in [2.75, 3.05) is 9.80 Å². The maximum atomic E-state index is 12.0. The molecule has 0 spiro atoms. The van der Waals surface area contributed by atoms with Crippen molar-refractivity contribution in [2.24, 2.45) is 0 Å². The third kappa shape index (κ3) is 10.1. The van der Waals surface area contributed by atoms with Crippen molar-refractivity contribution < 1.29 is 34.9 Å². The van der Waals surface area contributed by atoms with Crippen molar-refractivity contribution in [3.05, 3.63) is 361 Å². The normalized spacial score (nSPS) is 15.9. The standard InChI is InChI=1S/C104H75B2ClN4O/c1-103(2,3)72-56-79(66-34-17-9-18-35-66)98(80(57-72)67-36-19-10-20-37-67)110-91-62-75(108-88-46-27-25-42-76(88)77-43-26-28-47-89(77)108)50-52-84(91)105-87-63-94-97-102(101(87)111(93-61-74(107)60-92(110)96(93)105)99-81(68-38-21-11-22-39-68)58-73(104(4,5)6)59-82(99)69-40-23-12-24-41-69)112-95-55-71(65-32-15-8-16-33-65)48-51-85(95)106(97)86-45-29-44-78-83-54-70(64-30-13-7-14-31-64)49-53-90(83)109(94)100(78)86/h7-63H,1-6H3/i7D,13D,14D,25D,26D,27D,28D,29D,30D,31D,42D,43D,44D,45D,46D,47D,49D,50D,52D,53D,54D,62D. The lowest BCUT2D eigenvalue weighted by atomic mass is 9.31. The SMILES string of the molecule is [2H]c1c([2H])c([2H])c(-c2c([2H])c([2H])c3c(c2[2H])c2c([2H])c([2H])c([2H])c4c2n3-c2cc3c(c5c2B4c2ccc(-c4ccccc4)cc2O5)N(c2c(-c4ccccc4)cc(C(C)(C)C)cc2-c2ccccc2)c2cc(Cl)cc4c2B3c2c([2H])c([2H])c(-n3c5c([2H])c([2H])c([2H])c([2H])c5c5c([2H])c([2H])c([2H])c([2H])c53)c([2H])c2N4c2c(-c3ccccc3)cc(C(C)(C)C)cc2-c2ccccc2)c([2H])c1[2H]. The van der Waals surface area contributed by atoms with Gasteiger partial charge in [0.2, 0.25) is 0 Å². The smallest absolute Gasteiger partial charge is 0.256 e. The number of hydrogen-bond acceptors (Lipinski definition) is 3. The molecule has 0 amide bonds. The Hall–Kier alpha value is -13.1. The molecule has 0 fully saturated rings. The molecule has 0 aliphatic carbocycles. The van der Waals surface area contributed by atoms with Gasteiger partial charge in [0.1, 0.15) is 11.5 Å². The molecule has 16 aromatic carbocycles. The second kappa shape index (κ2) is 25.0. The fourth-order valence-corrected chi connectivity index (χ4v) is 17.7. The number of aromatic nitrogens is 2. The maximum absolute atomic E-state index is 12.0. The first-order chi connectivity index (χ1) is 63.9. The molecule has 18 aromatic rings. The van der Waals surface area contributed by atoms with Crippen LogP contribution in [-0.4, -0.2) is 22.6 Å². The van der Waals surface area contributed by atoms with Crippen LogP contribution in [0.1, 0.15) is 82.8 Å². The van der Waals surface area contributed by atoms with Crippen molar-refractivity contribution in [3.63, 3.8) is 0 Å². The predicted octanol–water partition coefficient (Wildman–Crippen LogP) is 24.1. The van der Waals surface area contributed by atoms with E-state index in [0.717, 1.165) is 32.4 Å². The molecule has 112 heavy (non-hydrogen) atoms. The zero-order chi connectivity index (χ0) is 94.1. The molecule has 0 atom stereocenters. The number of halogens is 1. The highest BCUT2D eigenvalue weighted by Gasteiger charge is 2.51. The average molecular weight is 1480 g/mol. The number of nitrogens with zero attached hydrogens (tertiary/aromatic N) is 4. The zero-order valence-electron chi connectivity index (χ0n) is 83.4. The summed E-state index contributed by atoms with van der Waals surface area (Å²) in [6, 6.07) is 53.4. The van der Waals surface area contributed by atoms with Gasteiger partial charge < -0.3 is 23.7 Å². The van der Waals surface area contributed by atoms with Crippen molar-refractivity contribution in [3.8, 4) is 89.6 Å². The second-order valence-electron chi connectivity index (χ2n) is 31.1. The van der Waals surface area contributed by atoms with Gasteiger partial charge in [-0.3, -0.25) is 0 Å². The van der Waals surface area contributed by atoms with Crippen LogP contribution in [-0.2, 0) is 10.8 Å². The summed E-state index contributed by atoms with van der Waals surface area (Å²) in [6.07, 6.45) is 0. The topological polar surface area (TPSA) is 25.6 Å². The summed E-state index contributed by atoms with van der Waals surface area (Å²) in [5.41, 5.74) is 8.43. The van der Waals surface area contributed by atoms with Crippen molar-refractivity contribution in [1.82, 2.24) is 9.13 Å². The summed E-state index contributed by atoms with van der Waals surface area (Å²) in [7, 11) is 0. The molecular weight excluding hydrogens is 1380 g/mol. The fourth-order valence-electron chi connectivity index (χ4n) is 17.5. The molecule has 0 N–H and O–H groups in total. The van der Waals surface area contributed by atoms with E-state index in [-0.39, 0.29) is 88.2 Å². The van der Waals surface area contributed by atoms with Crippen LogP contribution in [0.25, 0.3) is 122 Å². The molecule has 530 valence electrons. The Kier molecular flexibility index (Phi) is 10.5. The molecule has 0 unspecified atom stereocenters. The van der Waals surface area contributed by atoms with Crippen LogP contribution in [0.2, 0.25) is 5.02 Å². The average Bonchev–Trinajstić information content (AvgIpc) is 1.25. The van der Waals surface area contributed by atoms with Gasteiger partial charge in [-0.25, -0.2) is 0 Å². The fraction of sp³-hybridized carbons (Fsp3) is 0.0769. The van der Waals surface area contributed by atoms with Crippen molar-refractivity contribution in [1.29, 1.82) is 0 Å². The number of para-hydroxylation sites is 3. The molecule has 4 aliphatic rings. The Morgan fingerprint density at radius 1 is 0.330 bits per heavy atom. The molecule has 0 saturated carbocycles. The van der Waals surface area contributed by atoms with E-state index in [4.69, 9.17) is 20.5 Å². The van der Waals surface area contributed by atoms with E-state index in [1.54, 1.807) is 10.6 Å². The lowest BCUT2D eigenvalue weighted by Crippen LogP contribution is -2.64. The summed E-state index contributed by atoms with van der Waals surface area (Å²) >= 11 is 8.33. The van der Waals surface area contributed by atoms with E-state index in [2.05, 4.69) is 70.7 Å². The molecule has 4 aliphatic heterocycles. The monoisotopic (exact) mass is 1470 g/mol. The van der Waals surface area contributed by atoms with Gasteiger partial charge in [0.15, 0.2) is 0 Å². The molecule has 0 saturated heterocycles. The Balaban J connectivity index is 1.00. The molecule has 0 radical (unpaired) electrons. The quantitative estimate of drug-likeness (QED) is 0.135. The molecule has 5 nitrogen and oxygen atoms in total. The molecule has 6 heterocycles. The highest BCUT2D eigenvalue weighted by Crippen LogP contribution is 2.58. The van der Waals surface area contributed by atoms with Crippen LogP contribution in [0.5, 0.6) is 11.5 Å². The maximum Gasteiger partial charge on any atom is 0.256 e. The first-order valence-corrected chi connectivity index (χ1v) is 37.7. The molecule has 8 heteroatoms. The third-order valence-corrected chi connectivity index (χ3v) is 22.8. The van der Waals surface area contributed by atoms with Gasteiger partial charge in [0.25, 0.3) is 13.4 Å². The minimum Gasteiger partial charge on any atom is -0.456 e. The van der Waals surface area contributed by atoms with E-state index in [0.29, 0.717) is 72.4 Å². The summed E-state index contributed by atoms with van der Waals surface area (Å²) in [5, 5.41) is -0.924. The number of fused-ring (bicyclic) bond motifs is 15. The van der Waals surface area contributed by atoms with Crippen LogP contribution in [0.3, 0.4) is 0 Å². The lowest BCUT2D eigenvalue weighted by molar-refractivity contribution is 0.489. The number of anilines is 6. The van der Waals surface area contributed by atoms with Crippen LogP contribution < -0.4 is 47.3 Å². The highest BCUT2D eigenvalue weighted by molar-refractivity contribution is 7.02. The summed E-state index contributed by atoms with van der Waals surface area (Å²) in [6.45, 7) is 10.0. The van der Waals surface area contributed by atoms with E-state index in [1.807, 2.05) is 187 Å². The Morgan fingerprint density at radius 2 is 0.830 bits per heavy atom. The van der Waals surface area contributed by atoms with Crippen LogP contribution >= 0.6 is 11.6 Å². The van der Waals surface area contributed by atoms with Gasteiger partial charge in [-0.05, 0) is 184 Å². The van der Waals surface area contributed by atoms with Gasteiger partial charge in [0, 0.05) is 82.8 Å². The Bertz CT molecular complexity index is 8130. The minimum absolute atomic E-state index is 0.0325. The number of benzene rings is 16. The zero-order valence-corrected chi connectivity index (χ0v) is 62.2. The summed E-state index contributed by atoms with van der Waals surface area (Å²) < 4.78 is 231. The third-order valence-electron chi connectivity index (χ3n) is 22.6. The van der Waals surface area contributed by atoms with Crippen molar-refractivity contribution in [2.45, 2.75) is 52.4 Å². The minimum atomic E-state index is -1.49. The van der Waals surface area contributed by atoms with Crippen LogP contribution in [0.15, 0.2) is 345 Å².